The lowest BCUT2D eigenvalue weighted by Gasteiger charge is -2.31. The second kappa shape index (κ2) is 7.01. The van der Waals surface area contributed by atoms with E-state index in [9.17, 15) is 21.0 Å². The van der Waals surface area contributed by atoms with Crippen molar-refractivity contribution in [3.05, 3.63) is 65.2 Å². The van der Waals surface area contributed by atoms with Gasteiger partial charge in [-0.05, 0) is 24.1 Å². The van der Waals surface area contributed by atoms with Crippen LogP contribution in [0.15, 0.2) is 54.6 Å². The molecule has 0 aliphatic heterocycles. The van der Waals surface area contributed by atoms with E-state index in [0.717, 1.165) is 5.56 Å². The molecule has 0 saturated heterocycles. The predicted octanol–water partition coefficient (Wildman–Crippen LogP) is 4.38. The van der Waals surface area contributed by atoms with Gasteiger partial charge >= 0.3 is 0 Å². The Morgan fingerprint density at radius 2 is 1.37 bits per heavy atom. The van der Waals surface area contributed by atoms with Gasteiger partial charge in [-0.3, -0.25) is 0 Å². The molecule has 2 atom stereocenters. The largest absolute Gasteiger partial charge is 0.378 e. The maximum Gasteiger partial charge on any atom is 0.195 e. The molecule has 0 aromatic heterocycles. The Morgan fingerprint density at radius 3 is 1.93 bits per heavy atom. The molecule has 3 rings (SSSR count). The topological polar surface area (TPSA) is 107 Å². The van der Waals surface area contributed by atoms with E-state index in [0.29, 0.717) is 10.7 Å². The van der Waals surface area contributed by atoms with E-state index >= 15 is 0 Å². The van der Waals surface area contributed by atoms with E-state index in [1.807, 2.05) is 54.6 Å². The Kier molecular flexibility index (Phi) is 4.75. The summed E-state index contributed by atoms with van der Waals surface area (Å²) in [5, 5.41) is 43.4. The third kappa shape index (κ3) is 2.58. The molecule has 1 aliphatic carbocycles. The molecule has 27 heavy (non-hydrogen) atoms. The summed E-state index contributed by atoms with van der Waals surface area (Å²) >= 11 is 6.22. The first-order valence-electron chi connectivity index (χ1n) is 8.29. The molecule has 6 heteroatoms. The van der Waals surface area contributed by atoms with Crippen LogP contribution in [0.4, 0.5) is 5.69 Å². The zero-order valence-corrected chi connectivity index (χ0v) is 15.0. The zero-order valence-electron chi connectivity index (χ0n) is 14.2. The number of anilines is 1. The van der Waals surface area contributed by atoms with Gasteiger partial charge in [-0.1, -0.05) is 54.1 Å². The van der Waals surface area contributed by atoms with Crippen LogP contribution in [0.2, 0.25) is 5.02 Å². The fraction of sp³-hybridized carbons (Fsp3) is 0.238. The Hall–Kier alpha value is -3.51. The van der Waals surface area contributed by atoms with Crippen molar-refractivity contribution in [1.29, 1.82) is 21.0 Å². The molecule has 1 aliphatic rings. The van der Waals surface area contributed by atoms with Crippen LogP contribution in [-0.2, 0) is 0 Å². The Bertz CT molecular complexity index is 992. The average Bonchev–Trinajstić information content (AvgIpc) is 3.00. The first-order chi connectivity index (χ1) is 13.1. The number of hydrogen-bond acceptors (Lipinski definition) is 5. The van der Waals surface area contributed by atoms with E-state index < -0.39 is 22.8 Å². The minimum absolute atomic E-state index is 0.275. The molecule has 0 bridgehead atoms. The Balaban J connectivity index is 2.17. The van der Waals surface area contributed by atoms with Crippen LogP contribution < -0.4 is 5.32 Å². The minimum atomic E-state index is -1.85. The van der Waals surface area contributed by atoms with Gasteiger partial charge in [0, 0.05) is 5.92 Å². The van der Waals surface area contributed by atoms with E-state index in [1.54, 1.807) is 24.3 Å². The highest BCUT2D eigenvalue weighted by molar-refractivity contribution is 6.33. The summed E-state index contributed by atoms with van der Waals surface area (Å²) in [7, 11) is 0. The summed E-state index contributed by atoms with van der Waals surface area (Å²) in [4.78, 5) is 0. The van der Waals surface area contributed by atoms with Gasteiger partial charge in [0.2, 0.25) is 0 Å². The van der Waals surface area contributed by atoms with E-state index in [-0.39, 0.29) is 6.42 Å². The van der Waals surface area contributed by atoms with Crippen LogP contribution in [0, 0.1) is 56.2 Å². The molecule has 5 nitrogen and oxygen atoms in total. The Morgan fingerprint density at radius 1 is 0.815 bits per heavy atom. The summed E-state index contributed by atoms with van der Waals surface area (Å²) in [6, 6.07) is 23.3. The first kappa shape index (κ1) is 18.3. The SMILES string of the molecule is N#CC1(C#N)C(Nc2ccccc2Cl)CC(c2ccccc2)C1(C#N)C#N. The molecule has 1 N–H and O–H groups in total. The average molecular weight is 372 g/mol. The van der Waals surface area contributed by atoms with Crippen molar-refractivity contribution >= 4 is 17.3 Å². The lowest BCUT2D eigenvalue weighted by molar-refractivity contribution is 0.319. The highest BCUT2D eigenvalue weighted by atomic mass is 35.5. The van der Waals surface area contributed by atoms with Crippen molar-refractivity contribution in [1.82, 2.24) is 0 Å². The lowest BCUT2D eigenvalue weighted by atomic mass is 9.63. The monoisotopic (exact) mass is 371 g/mol. The molecule has 2 unspecified atom stereocenters. The molecule has 0 heterocycles. The molecule has 1 saturated carbocycles. The smallest absolute Gasteiger partial charge is 0.195 e. The molecular formula is C21H14ClN5. The van der Waals surface area contributed by atoms with Gasteiger partial charge in [0.25, 0.3) is 0 Å². The van der Waals surface area contributed by atoms with Crippen molar-refractivity contribution in [2.24, 2.45) is 10.8 Å². The van der Waals surface area contributed by atoms with Gasteiger partial charge < -0.3 is 5.32 Å². The van der Waals surface area contributed by atoms with Gasteiger partial charge in [0.1, 0.15) is 0 Å². The molecule has 2 aromatic rings. The number of halogens is 1. The third-order valence-corrected chi connectivity index (χ3v) is 5.58. The van der Waals surface area contributed by atoms with E-state index in [2.05, 4.69) is 5.32 Å². The number of benzene rings is 2. The number of hydrogen-bond donors (Lipinski definition) is 1. The fourth-order valence-electron chi connectivity index (χ4n) is 3.86. The van der Waals surface area contributed by atoms with Crippen LogP contribution in [0.1, 0.15) is 17.9 Å². The highest BCUT2D eigenvalue weighted by Gasteiger charge is 2.69. The lowest BCUT2D eigenvalue weighted by Crippen LogP contribution is -2.44. The van der Waals surface area contributed by atoms with Crippen LogP contribution in [0.25, 0.3) is 0 Å². The predicted molar refractivity (Wildman–Crippen MR) is 100.0 cm³/mol. The first-order valence-corrected chi connectivity index (χ1v) is 8.67. The quantitative estimate of drug-likeness (QED) is 0.861. The third-order valence-electron chi connectivity index (χ3n) is 5.25. The maximum absolute atomic E-state index is 9.96. The second-order valence-electron chi connectivity index (χ2n) is 6.44. The molecule has 1 fully saturated rings. The van der Waals surface area contributed by atoms with Crippen molar-refractivity contribution < 1.29 is 0 Å². The number of nitrogens with one attached hydrogen (secondary N) is 1. The van der Waals surface area contributed by atoms with E-state index in [1.165, 1.54) is 0 Å². The second-order valence-corrected chi connectivity index (χ2v) is 6.85. The van der Waals surface area contributed by atoms with Gasteiger partial charge in [-0.15, -0.1) is 0 Å². The van der Waals surface area contributed by atoms with Crippen molar-refractivity contribution in [2.75, 3.05) is 5.32 Å². The van der Waals surface area contributed by atoms with Crippen molar-refractivity contribution in [2.45, 2.75) is 18.4 Å². The number of nitriles is 4. The summed E-state index contributed by atoms with van der Waals surface area (Å²) in [5.74, 6) is -0.590. The van der Waals surface area contributed by atoms with E-state index in [4.69, 9.17) is 11.6 Å². The van der Waals surface area contributed by atoms with Crippen molar-refractivity contribution in [3.8, 4) is 24.3 Å². The van der Waals surface area contributed by atoms with Gasteiger partial charge in [-0.25, -0.2) is 0 Å². The molecule has 0 radical (unpaired) electrons. The Labute approximate surface area is 162 Å². The number of para-hydroxylation sites is 1. The molecular weight excluding hydrogens is 358 g/mol. The van der Waals surface area contributed by atoms with Crippen LogP contribution in [0.5, 0.6) is 0 Å². The highest BCUT2D eigenvalue weighted by Crippen LogP contribution is 2.60. The fourth-order valence-corrected chi connectivity index (χ4v) is 4.05. The van der Waals surface area contributed by atoms with Crippen LogP contribution in [-0.4, -0.2) is 6.04 Å². The summed E-state index contributed by atoms with van der Waals surface area (Å²) < 4.78 is 0. The number of nitrogens with zero attached hydrogens (tertiary/aromatic N) is 4. The normalized spacial score (nSPS) is 21.8. The summed E-state index contributed by atoms with van der Waals surface area (Å²) in [5.41, 5.74) is -2.36. The van der Waals surface area contributed by atoms with Crippen molar-refractivity contribution in [3.63, 3.8) is 0 Å². The minimum Gasteiger partial charge on any atom is -0.378 e. The van der Waals surface area contributed by atoms with Gasteiger partial charge in [0.15, 0.2) is 10.8 Å². The van der Waals surface area contributed by atoms with Crippen LogP contribution in [0.3, 0.4) is 0 Å². The zero-order chi connectivity index (χ0) is 19.5. The molecule has 2 aromatic carbocycles. The standard InChI is InChI=1S/C21H14ClN5/c22-17-8-4-5-9-18(17)27-19-10-16(15-6-2-1-3-7-15)20(11-23,12-24)21(19,13-25)14-26/h1-9,16,19,27H,10H2. The van der Waals surface area contributed by atoms with Gasteiger partial charge in [0.05, 0.1) is 41.0 Å². The van der Waals surface area contributed by atoms with Crippen LogP contribution >= 0.6 is 11.6 Å². The van der Waals surface area contributed by atoms with Gasteiger partial charge in [-0.2, -0.15) is 21.0 Å². The molecule has 0 spiro atoms. The summed E-state index contributed by atoms with van der Waals surface area (Å²) in [6.07, 6.45) is 0.275. The summed E-state index contributed by atoms with van der Waals surface area (Å²) in [6.45, 7) is 0. The number of rotatable bonds is 3. The molecule has 130 valence electrons. The molecule has 0 amide bonds. The maximum atomic E-state index is 9.96.